The molecule has 1 heterocycles. The number of benzene rings is 1. The van der Waals surface area contributed by atoms with Crippen molar-refractivity contribution in [3.8, 4) is 11.8 Å². The molecule has 2 N–H and O–H groups in total. The maximum absolute atomic E-state index is 12.3. The van der Waals surface area contributed by atoms with Crippen LogP contribution in [0.4, 0.5) is 4.79 Å². The Hall–Kier alpha value is -3.07. The second kappa shape index (κ2) is 8.53. The van der Waals surface area contributed by atoms with E-state index in [2.05, 4.69) is 29.1 Å². The monoisotopic (exact) mass is 325 g/mol. The van der Waals surface area contributed by atoms with Crippen molar-refractivity contribution < 1.29 is 14.4 Å². The molecule has 1 aromatic carbocycles. The zero-order chi connectivity index (χ0) is 17.4. The fourth-order valence-corrected chi connectivity index (χ4v) is 2.26. The highest BCUT2D eigenvalue weighted by Gasteiger charge is 2.29. The summed E-state index contributed by atoms with van der Waals surface area (Å²) in [6.45, 7) is 4.31. The Kier molecular flexibility index (Phi) is 6.15. The third-order valence-corrected chi connectivity index (χ3v) is 3.48. The minimum atomic E-state index is -0.651. The van der Waals surface area contributed by atoms with Gasteiger partial charge in [0.1, 0.15) is 6.04 Å². The van der Waals surface area contributed by atoms with Crippen molar-refractivity contribution in [1.82, 2.24) is 15.5 Å². The summed E-state index contributed by atoms with van der Waals surface area (Å²) in [6.07, 6.45) is 2.04. The zero-order valence-corrected chi connectivity index (χ0v) is 13.2. The van der Waals surface area contributed by atoms with Crippen molar-refractivity contribution in [2.75, 3.05) is 13.1 Å². The van der Waals surface area contributed by atoms with Gasteiger partial charge in [-0.3, -0.25) is 14.9 Å². The van der Waals surface area contributed by atoms with Crippen LogP contribution in [0.1, 0.15) is 18.4 Å². The number of amides is 4. The van der Waals surface area contributed by atoms with E-state index in [0.717, 1.165) is 5.56 Å². The predicted octanol–water partition coefficient (Wildman–Crippen LogP) is 1.04. The van der Waals surface area contributed by atoms with E-state index in [9.17, 15) is 14.4 Å². The normalized spacial score (nSPS) is 15.8. The second-order valence-corrected chi connectivity index (χ2v) is 5.28. The Morgan fingerprint density at radius 2 is 2.04 bits per heavy atom. The van der Waals surface area contributed by atoms with Crippen molar-refractivity contribution in [2.45, 2.75) is 18.9 Å². The highest BCUT2D eigenvalue weighted by molar-refractivity contribution is 6.04. The molecular weight excluding hydrogens is 306 g/mol. The van der Waals surface area contributed by atoms with Crippen LogP contribution in [0, 0.1) is 11.8 Å². The molecule has 0 bridgehead atoms. The molecule has 0 radical (unpaired) electrons. The Bertz CT molecular complexity index is 688. The summed E-state index contributed by atoms with van der Waals surface area (Å²) in [6, 6.07) is 8.34. The lowest BCUT2D eigenvalue weighted by Crippen LogP contribution is -2.35. The Morgan fingerprint density at radius 1 is 1.29 bits per heavy atom. The van der Waals surface area contributed by atoms with E-state index >= 15 is 0 Å². The van der Waals surface area contributed by atoms with Gasteiger partial charge in [0.2, 0.25) is 5.91 Å². The van der Waals surface area contributed by atoms with Crippen LogP contribution in [0.25, 0.3) is 0 Å². The topological polar surface area (TPSA) is 78.5 Å². The summed E-state index contributed by atoms with van der Waals surface area (Å²) in [7, 11) is 0. The molecule has 1 aliphatic rings. The average molecular weight is 325 g/mol. The molecule has 6 nitrogen and oxygen atoms in total. The van der Waals surface area contributed by atoms with E-state index in [1.807, 2.05) is 30.3 Å². The first-order valence-electron chi connectivity index (χ1n) is 7.64. The molecule has 1 atom stereocenters. The highest BCUT2D eigenvalue weighted by Crippen LogP contribution is 2.05. The van der Waals surface area contributed by atoms with Crippen LogP contribution >= 0.6 is 0 Å². The number of hydrogen-bond donors (Lipinski definition) is 2. The molecular formula is C18H19N3O3. The van der Waals surface area contributed by atoms with Crippen molar-refractivity contribution in [3.05, 3.63) is 48.6 Å². The molecule has 0 spiro atoms. The number of nitrogens with zero attached hydrogens (tertiary/aromatic N) is 1. The van der Waals surface area contributed by atoms with Crippen molar-refractivity contribution in [1.29, 1.82) is 0 Å². The van der Waals surface area contributed by atoms with Gasteiger partial charge >= 0.3 is 6.03 Å². The third kappa shape index (κ3) is 4.99. The van der Waals surface area contributed by atoms with E-state index in [1.54, 1.807) is 11.0 Å². The maximum Gasteiger partial charge on any atom is 0.322 e. The standard InChI is InChI=1S/C18H19N3O3/c1-2-12-21(13-6-9-14-7-4-3-5-8-14)16(22)11-10-15-17(23)20-18(24)19-15/h2-5,7-8,15H,1,10-13H2,(H2,19,20,23,24)/t15-/m1/s1. The van der Waals surface area contributed by atoms with Crippen molar-refractivity contribution >= 4 is 17.8 Å². The first kappa shape index (κ1) is 17.3. The number of nitrogens with one attached hydrogen (secondary N) is 2. The summed E-state index contributed by atoms with van der Waals surface area (Å²) in [4.78, 5) is 36.4. The van der Waals surface area contributed by atoms with E-state index in [1.165, 1.54) is 0 Å². The van der Waals surface area contributed by atoms with Gasteiger partial charge in [0.25, 0.3) is 5.91 Å². The average Bonchev–Trinajstić information content (AvgIpc) is 2.90. The minimum absolute atomic E-state index is 0.133. The van der Waals surface area contributed by atoms with Crippen LogP contribution < -0.4 is 10.6 Å². The van der Waals surface area contributed by atoms with Crippen LogP contribution in [0.15, 0.2) is 43.0 Å². The first-order chi connectivity index (χ1) is 11.6. The number of imide groups is 1. The molecule has 0 aliphatic carbocycles. The number of carbonyl (C=O) groups is 3. The first-order valence-corrected chi connectivity index (χ1v) is 7.64. The number of carbonyl (C=O) groups excluding carboxylic acids is 3. The molecule has 4 amide bonds. The summed E-state index contributed by atoms with van der Waals surface area (Å²) in [5, 5.41) is 4.62. The fourth-order valence-electron chi connectivity index (χ4n) is 2.26. The maximum atomic E-state index is 12.3. The van der Waals surface area contributed by atoms with Gasteiger partial charge < -0.3 is 10.2 Å². The van der Waals surface area contributed by atoms with Gasteiger partial charge in [-0.25, -0.2) is 4.79 Å². The number of urea groups is 1. The SMILES string of the molecule is C=CCN(CC#Cc1ccccc1)C(=O)CC[C@H]1NC(=O)NC1=O. The van der Waals surface area contributed by atoms with Gasteiger partial charge in [0.05, 0.1) is 6.54 Å². The lowest BCUT2D eigenvalue weighted by atomic mass is 10.1. The van der Waals surface area contributed by atoms with Crippen LogP contribution in [0.3, 0.4) is 0 Å². The van der Waals surface area contributed by atoms with Gasteiger partial charge in [0.15, 0.2) is 0 Å². The number of rotatable bonds is 6. The van der Waals surface area contributed by atoms with Gasteiger partial charge in [-0.1, -0.05) is 36.1 Å². The Balaban J connectivity index is 1.88. The summed E-state index contributed by atoms with van der Waals surface area (Å²) >= 11 is 0. The van der Waals surface area contributed by atoms with E-state index in [-0.39, 0.29) is 25.3 Å². The Morgan fingerprint density at radius 3 is 2.67 bits per heavy atom. The molecule has 0 saturated carbocycles. The van der Waals surface area contributed by atoms with Gasteiger partial charge in [-0.05, 0) is 18.6 Å². The second-order valence-electron chi connectivity index (χ2n) is 5.28. The molecule has 0 aromatic heterocycles. The lowest BCUT2D eigenvalue weighted by Gasteiger charge is -2.19. The van der Waals surface area contributed by atoms with Crippen LogP contribution in [-0.4, -0.2) is 41.9 Å². The summed E-state index contributed by atoms with van der Waals surface area (Å²) < 4.78 is 0. The molecule has 1 fully saturated rings. The Labute approximate surface area is 140 Å². The molecule has 2 rings (SSSR count). The summed E-state index contributed by atoms with van der Waals surface area (Å²) in [5.74, 6) is 5.44. The molecule has 1 aliphatic heterocycles. The van der Waals surface area contributed by atoms with Gasteiger partial charge in [0, 0.05) is 18.5 Å². The minimum Gasteiger partial charge on any atom is -0.328 e. The third-order valence-electron chi connectivity index (χ3n) is 3.48. The van der Waals surface area contributed by atoms with Crippen molar-refractivity contribution in [2.24, 2.45) is 0 Å². The smallest absolute Gasteiger partial charge is 0.322 e. The number of hydrogen-bond acceptors (Lipinski definition) is 3. The molecule has 0 unspecified atom stereocenters. The molecule has 124 valence electrons. The van der Waals surface area contributed by atoms with Crippen LogP contribution in [0.5, 0.6) is 0 Å². The summed E-state index contributed by atoms with van der Waals surface area (Å²) in [5.41, 5.74) is 0.883. The predicted molar refractivity (Wildman–Crippen MR) is 89.8 cm³/mol. The molecule has 1 aromatic rings. The van der Waals surface area contributed by atoms with Gasteiger partial charge in [-0.15, -0.1) is 6.58 Å². The van der Waals surface area contributed by atoms with E-state index in [0.29, 0.717) is 6.54 Å². The fraction of sp³-hybridized carbons (Fsp3) is 0.278. The van der Waals surface area contributed by atoms with E-state index < -0.39 is 18.0 Å². The highest BCUT2D eigenvalue weighted by atomic mass is 16.2. The molecule has 6 heteroatoms. The van der Waals surface area contributed by atoms with Gasteiger partial charge in [-0.2, -0.15) is 0 Å². The van der Waals surface area contributed by atoms with Crippen molar-refractivity contribution in [3.63, 3.8) is 0 Å². The molecule has 24 heavy (non-hydrogen) atoms. The largest absolute Gasteiger partial charge is 0.328 e. The van der Waals surface area contributed by atoms with E-state index in [4.69, 9.17) is 0 Å². The van der Waals surface area contributed by atoms with Crippen LogP contribution in [-0.2, 0) is 9.59 Å². The zero-order valence-electron chi connectivity index (χ0n) is 13.2. The van der Waals surface area contributed by atoms with Crippen LogP contribution in [0.2, 0.25) is 0 Å². The lowest BCUT2D eigenvalue weighted by molar-refractivity contribution is -0.130. The molecule has 1 saturated heterocycles. The quantitative estimate of drug-likeness (QED) is 0.466.